The third kappa shape index (κ3) is 4.37. The average molecular weight is 473 g/mol. The Bertz CT molecular complexity index is 895. The van der Waals surface area contributed by atoms with Crippen molar-refractivity contribution in [3.8, 4) is 5.75 Å². The highest BCUT2D eigenvalue weighted by atomic mass is 79.9. The topological polar surface area (TPSA) is 78.9 Å². The van der Waals surface area contributed by atoms with E-state index in [-0.39, 0.29) is 19.1 Å². The van der Waals surface area contributed by atoms with Gasteiger partial charge in [0.25, 0.3) is 5.91 Å². The number of hydrogen-bond donors (Lipinski definition) is 2. The molecule has 2 N–H and O–H groups in total. The van der Waals surface area contributed by atoms with Crippen molar-refractivity contribution in [2.75, 3.05) is 13.2 Å². The minimum Gasteiger partial charge on any atom is -0.491 e. The van der Waals surface area contributed by atoms with Gasteiger partial charge >= 0.3 is 6.03 Å². The quantitative estimate of drug-likeness (QED) is 0.626. The van der Waals surface area contributed by atoms with E-state index in [1.54, 1.807) is 12.1 Å². The lowest BCUT2D eigenvalue weighted by Crippen LogP contribution is -2.49. The molecule has 0 bridgehead atoms. The molecular weight excluding hydrogens is 448 g/mol. The zero-order valence-corrected chi connectivity index (χ0v) is 18.2. The van der Waals surface area contributed by atoms with Crippen LogP contribution in [0.2, 0.25) is 0 Å². The minimum atomic E-state index is -0.959. The Morgan fingerprint density at radius 3 is 2.43 bits per heavy atom. The van der Waals surface area contributed by atoms with Gasteiger partial charge in [0.1, 0.15) is 24.0 Å². The molecule has 1 unspecified atom stereocenters. The van der Waals surface area contributed by atoms with Crippen LogP contribution < -0.4 is 10.1 Å². The number of carbonyl (C=O) groups is 2. The van der Waals surface area contributed by atoms with Crippen LogP contribution in [0.25, 0.3) is 0 Å². The van der Waals surface area contributed by atoms with Gasteiger partial charge in [0.2, 0.25) is 0 Å². The third-order valence-corrected chi connectivity index (χ3v) is 6.53. The van der Waals surface area contributed by atoms with Gasteiger partial charge in [-0.2, -0.15) is 0 Å². The second-order valence-electron chi connectivity index (χ2n) is 8.03. The second-order valence-corrected chi connectivity index (χ2v) is 8.95. The van der Waals surface area contributed by atoms with Crippen LogP contribution in [0.1, 0.15) is 37.2 Å². The van der Waals surface area contributed by atoms with Gasteiger partial charge < -0.3 is 15.2 Å². The summed E-state index contributed by atoms with van der Waals surface area (Å²) in [5.74, 6) is 0.785. The van der Waals surface area contributed by atoms with Crippen molar-refractivity contribution in [1.82, 2.24) is 10.2 Å². The molecule has 7 heteroatoms. The number of halogens is 1. The predicted molar refractivity (Wildman–Crippen MR) is 116 cm³/mol. The Kier molecular flexibility index (Phi) is 6.11. The molecule has 2 aliphatic rings. The van der Waals surface area contributed by atoms with Gasteiger partial charge in [-0.15, -0.1) is 0 Å². The molecule has 158 valence electrons. The number of ether oxygens (including phenoxy) is 1. The monoisotopic (exact) mass is 472 g/mol. The van der Waals surface area contributed by atoms with E-state index < -0.39 is 17.7 Å². The first kappa shape index (κ1) is 20.9. The predicted octanol–water partition coefficient (Wildman–Crippen LogP) is 3.84. The van der Waals surface area contributed by atoms with E-state index in [1.165, 1.54) is 5.56 Å². The van der Waals surface area contributed by atoms with E-state index in [9.17, 15) is 14.7 Å². The van der Waals surface area contributed by atoms with Crippen LogP contribution in [0, 0.1) is 0 Å². The molecule has 1 spiro atoms. The Hall–Kier alpha value is -2.38. The maximum Gasteiger partial charge on any atom is 0.325 e. The lowest BCUT2D eigenvalue weighted by atomic mass is 9.74. The van der Waals surface area contributed by atoms with Crippen LogP contribution in [-0.4, -0.2) is 46.7 Å². The van der Waals surface area contributed by atoms with E-state index in [2.05, 4.69) is 33.4 Å². The van der Waals surface area contributed by atoms with Crippen LogP contribution in [-0.2, 0) is 4.79 Å². The zero-order valence-electron chi connectivity index (χ0n) is 16.6. The first-order valence-corrected chi connectivity index (χ1v) is 11.0. The van der Waals surface area contributed by atoms with Crippen LogP contribution >= 0.6 is 15.9 Å². The maximum absolute atomic E-state index is 13.1. The van der Waals surface area contributed by atoms with Crippen LogP contribution in [0.4, 0.5) is 4.79 Å². The average Bonchev–Trinajstić information content (AvgIpc) is 2.98. The van der Waals surface area contributed by atoms with Crippen LogP contribution in [0.5, 0.6) is 5.75 Å². The minimum absolute atomic E-state index is 0.00176. The van der Waals surface area contributed by atoms with Gasteiger partial charge in [-0.25, -0.2) is 4.79 Å². The van der Waals surface area contributed by atoms with Crippen molar-refractivity contribution >= 4 is 27.9 Å². The summed E-state index contributed by atoms with van der Waals surface area (Å²) in [6, 6.07) is 17.1. The molecule has 4 rings (SSSR count). The zero-order chi connectivity index (χ0) is 21.1. The van der Waals surface area contributed by atoms with Gasteiger partial charge in [0, 0.05) is 4.47 Å². The number of aliphatic hydroxyl groups is 1. The largest absolute Gasteiger partial charge is 0.491 e. The van der Waals surface area contributed by atoms with Crippen molar-refractivity contribution < 1.29 is 19.4 Å². The Morgan fingerprint density at radius 1 is 1.10 bits per heavy atom. The fraction of sp³-hybridized carbons (Fsp3) is 0.391. The second kappa shape index (κ2) is 8.78. The number of aliphatic hydroxyl groups excluding tert-OH is 1. The van der Waals surface area contributed by atoms with E-state index >= 15 is 0 Å². The van der Waals surface area contributed by atoms with E-state index in [0.29, 0.717) is 24.5 Å². The Morgan fingerprint density at radius 2 is 1.77 bits per heavy atom. The molecule has 2 aromatic carbocycles. The molecular formula is C23H25BrN2O4. The lowest BCUT2D eigenvalue weighted by molar-refractivity contribution is -0.133. The number of benzene rings is 2. The summed E-state index contributed by atoms with van der Waals surface area (Å²) in [5, 5.41) is 13.2. The number of hydrogen-bond acceptors (Lipinski definition) is 4. The SMILES string of the molecule is O=C1NC2(CCC(c3ccccc3)CC2)C(=O)N1CC(O)COc1ccc(Br)cc1. The smallest absolute Gasteiger partial charge is 0.325 e. The molecule has 0 radical (unpaired) electrons. The highest BCUT2D eigenvalue weighted by Gasteiger charge is 2.52. The fourth-order valence-corrected chi connectivity index (χ4v) is 4.60. The number of amides is 3. The number of carbonyl (C=O) groups excluding carboxylic acids is 2. The summed E-state index contributed by atoms with van der Waals surface area (Å²) in [6.45, 7) is -0.0766. The molecule has 2 fully saturated rings. The molecule has 3 amide bonds. The van der Waals surface area contributed by atoms with Crippen molar-refractivity contribution in [2.24, 2.45) is 0 Å². The van der Waals surface area contributed by atoms with Gasteiger partial charge in [0.05, 0.1) is 6.54 Å². The van der Waals surface area contributed by atoms with Gasteiger partial charge in [-0.3, -0.25) is 9.69 Å². The third-order valence-electron chi connectivity index (χ3n) is 6.01. The van der Waals surface area contributed by atoms with E-state index in [4.69, 9.17) is 4.74 Å². The number of imide groups is 1. The molecule has 1 heterocycles. The first-order chi connectivity index (χ1) is 14.5. The van der Waals surface area contributed by atoms with Gasteiger partial charge in [-0.05, 0) is 61.4 Å². The molecule has 1 saturated heterocycles. The molecule has 0 aromatic heterocycles. The van der Waals surface area contributed by atoms with Gasteiger partial charge in [-0.1, -0.05) is 46.3 Å². The van der Waals surface area contributed by atoms with E-state index in [0.717, 1.165) is 22.2 Å². The highest BCUT2D eigenvalue weighted by Crippen LogP contribution is 2.40. The number of rotatable bonds is 6. The molecule has 1 saturated carbocycles. The summed E-state index contributed by atoms with van der Waals surface area (Å²) in [5.41, 5.74) is 0.441. The summed E-state index contributed by atoms with van der Waals surface area (Å²) in [6.07, 6.45) is 1.95. The van der Waals surface area contributed by atoms with Crippen LogP contribution in [0.15, 0.2) is 59.1 Å². The van der Waals surface area contributed by atoms with Crippen molar-refractivity contribution in [1.29, 1.82) is 0 Å². The van der Waals surface area contributed by atoms with Crippen LogP contribution in [0.3, 0.4) is 0 Å². The van der Waals surface area contributed by atoms with Crippen molar-refractivity contribution in [2.45, 2.75) is 43.2 Å². The summed E-state index contributed by atoms with van der Waals surface area (Å²) in [7, 11) is 0. The molecule has 30 heavy (non-hydrogen) atoms. The maximum atomic E-state index is 13.1. The molecule has 1 aliphatic heterocycles. The number of β-amino-alcohol motifs (C(OH)–C–C–N with tert-alkyl or cyclic N) is 1. The summed E-state index contributed by atoms with van der Waals surface area (Å²) in [4.78, 5) is 26.7. The van der Waals surface area contributed by atoms with E-state index in [1.807, 2.05) is 30.3 Å². The van der Waals surface area contributed by atoms with Crippen molar-refractivity contribution in [3.05, 3.63) is 64.6 Å². The number of urea groups is 1. The summed E-state index contributed by atoms with van der Waals surface area (Å²) >= 11 is 3.36. The summed E-state index contributed by atoms with van der Waals surface area (Å²) < 4.78 is 6.50. The van der Waals surface area contributed by atoms with Crippen molar-refractivity contribution in [3.63, 3.8) is 0 Å². The highest BCUT2D eigenvalue weighted by molar-refractivity contribution is 9.10. The molecule has 1 aliphatic carbocycles. The lowest BCUT2D eigenvalue weighted by Gasteiger charge is -2.35. The molecule has 6 nitrogen and oxygen atoms in total. The normalized spacial score (nSPS) is 24.7. The molecule has 2 aromatic rings. The Labute approximate surface area is 184 Å². The standard InChI is InChI=1S/C23H25BrN2O4/c24-18-6-8-20(9-7-18)30-15-19(27)14-26-21(28)23(25-22(26)29)12-10-17(11-13-23)16-4-2-1-3-5-16/h1-9,17,19,27H,10-15H2,(H,25,29). The first-order valence-electron chi connectivity index (χ1n) is 10.2. The fourth-order valence-electron chi connectivity index (χ4n) is 4.34. The number of nitrogens with zero attached hydrogens (tertiary/aromatic N) is 1. The van der Waals surface area contributed by atoms with Gasteiger partial charge in [0.15, 0.2) is 0 Å². The molecule has 1 atom stereocenters. The Balaban J connectivity index is 1.33. The number of nitrogens with one attached hydrogen (secondary N) is 1.